The van der Waals surface area contributed by atoms with Crippen LogP contribution in [0.15, 0.2) is 11.0 Å². The molecule has 0 amide bonds. The molecular weight excluding hydrogens is 303 g/mol. The average Bonchev–Trinajstić information content (AvgIpc) is 2.37. The molecule has 126 valence electrons. The number of H-pyrrole nitrogens is 1. The van der Waals surface area contributed by atoms with Crippen LogP contribution in [0, 0.1) is 5.92 Å². The molecule has 1 aromatic rings. The summed E-state index contributed by atoms with van der Waals surface area (Å²) in [6.07, 6.45) is -4.29. The largest absolute Gasteiger partial charge is 0.423 e. The van der Waals surface area contributed by atoms with Crippen LogP contribution in [0.25, 0.3) is 0 Å². The highest BCUT2D eigenvalue weighted by molar-refractivity contribution is 5.50. The lowest BCUT2D eigenvalue weighted by atomic mass is 10.2. The van der Waals surface area contributed by atoms with E-state index in [2.05, 4.69) is 15.8 Å². The van der Waals surface area contributed by atoms with E-state index < -0.39 is 35.3 Å². The number of hydrogen-bond acceptors (Lipinski definition) is 6. The minimum absolute atomic E-state index is 0.0872. The maximum atomic E-state index is 12.9. The summed E-state index contributed by atoms with van der Waals surface area (Å²) in [6.45, 7) is 5.47. The molecule has 0 fully saturated rings. The summed E-state index contributed by atoms with van der Waals surface area (Å²) in [7, 11) is 0. The highest BCUT2D eigenvalue weighted by Crippen LogP contribution is 2.31. The Kier molecular flexibility index (Phi) is 6.33. The lowest BCUT2D eigenvalue weighted by Crippen LogP contribution is -2.43. The van der Waals surface area contributed by atoms with Crippen molar-refractivity contribution in [3.8, 4) is 0 Å². The molecule has 1 aromatic heterocycles. The van der Waals surface area contributed by atoms with Crippen LogP contribution in [0.4, 0.5) is 18.9 Å². The van der Waals surface area contributed by atoms with Crippen molar-refractivity contribution in [2.45, 2.75) is 39.2 Å². The summed E-state index contributed by atoms with van der Waals surface area (Å²) in [5, 5.41) is 7.73. The number of ether oxygens (including phenoxy) is 1. The van der Waals surface area contributed by atoms with Crippen LogP contribution >= 0.6 is 0 Å². The topological polar surface area (TPSA) is 105 Å². The predicted molar refractivity (Wildman–Crippen MR) is 74.8 cm³/mol. The number of aromatic nitrogens is 2. The summed E-state index contributed by atoms with van der Waals surface area (Å²) in [6, 6.07) is -0.487. The number of anilines is 1. The van der Waals surface area contributed by atoms with Crippen LogP contribution < -0.4 is 22.1 Å². The molecule has 0 aliphatic carbocycles. The van der Waals surface area contributed by atoms with Crippen molar-refractivity contribution in [2.24, 2.45) is 11.8 Å². The highest BCUT2D eigenvalue weighted by atomic mass is 19.4. The molecule has 0 aliphatic rings. The second-order valence-electron chi connectivity index (χ2n) is 5.20. The van der Waals surface area contributed by atoms with Gasteiger partial charge in [0.05, 0.1) is 18.5 Å². The van der Waals surface area contributed by atoms with E-state index in [4.69, 9.17) is 10.6 Å². The summed E-state index contributed by atoms with van der Waals surface area (Å²) < 4.78 is 44.1. The van der Waals surface area contributed by atoms with Gasteiger partial charge >= 0.3 is 6.18 Å². The van der Waals surface area contributed by atoms with E-state index in [9.17, 15) is 18.0 Å². The van der Waals surface area contributed by atoms with Crippen molar-refractivity contribution >= 4 is 5.69 Å². The second kappa shape index (κ2) is 7.56. The monoisotopic (exact) mass is 323 g/mol. The standard InChI is InChI=1S/C12H20F3N5O2/c1-6(2)11(19-16)22-5-7(3)18-8-4-17-20-10(21)9(8)12(13,14)15/h4,6-7,11,19H,5,16H2,1-3H3,(H2,18,20,21)/t7-,11-/m0/s1. The van der Waals surface area contributed by atoms with Gasteiger partial charge in [0, 0.05) is 6.04 Å². The molecule has 10 heteroatoms. The molecule has 0 radical (unpaired) electrons. The first-order chi connectivity index (χ1) is 10.2. The Labute approximate surface area is 125 Å². The maximum Gasteiger partial charge on any atom is 0.423 e. The first-order valence-corrected chi connectivity index (χ1v) is 6.66. The molecule has 22 heavy (non-hydrogen) atoms. The van der Waals surface area contributed by atoms with E-state index in [1.807, 2.05) is 13.8 Å². The van der Waals surface area contributed by atoms with Crippen molar-refractivity contribution in [3.63, 3.8) is 0 Å². The average molecular weight is 323 g/mol. The molecular formula is C12H20F3N5O2. The fraction of sp³-hybridized carbons (Fsp3) is 0.667. The summed E-state index contributed by atoms with van der Waals surface area (Å²) in [5.41, 5.74) is -0.536. The molecule has 1 rings (SSSR count). The molecule has 0 aliphatic heterocycles. The van der Waals surface area contributed by atoms with Crippen LogP contribution in [0.5, 0.6) is 0 Å². The van der Waals surface area contributed by atoms with Gasteiger partial charge in [-0.1, -0.05) is 13.8 Å². The Morgan fingerprint density at radius 1 is 1.41 bits per heavy atom. The Bertz CT molecular complexity index is 532. The smallest absolute Gasteiger partial charge is 0.378 e. The van der Waals surface area contributed by atoms with Crippen molar-refractivity contribution in [1.29, 1.82) is 0 Å². The summed E-state index contributed by atoms with van der Waals surface area (Å²) in [5.74, 6) is 5.40. The molecule has 0 saturated heterocycles. The van der Waals surface area contributed by atoms with E-state index in [0.29, 0.717) is 0 Å². The Hall–Kier alpha value is -1.65. The zero-order chi connectivity index (χ0) is 16.9. The number of nitrogens with one attached hydrogen (secondary N) is 3. The van der Waals surface area contributed by atoms with Gasteiger partial charge in [-0.3, -0.25) is 10.6 Å². The number of hydrogen-bond donors (Lipinski definition) is 4. The molecule has 0 unspecified atom stereocenters. The number of halogens is 3. The van der Waals surface area contributed by atoms with Gasteiger partial charge in [-0.2, -0.15) is 18.3 Å². The van der Waals surface area contributed by atoms with E-state index in [1.54, 1.807) is 12.0 Å². The predicted octanol–water partition coefficient (Wildman–Crippen LogP) is 1.05. The van der Waals surface area contributed by atoms with Gasteiger partial charge in [-0.15, -0.1) is 0 Å². The molecule has 0 saturated carbocycles. The van der Waals surface area contributed by atoms with E-state index >= 15 is 0 Å². The third kappa shape index (κ3) is 4.97. The van der Waals surface area contributed by atoms with Crippen LogP contribution in [0.1, 0.15) is 26.3 Å². The Morgan fingerprint density at radius 3 is 2.55 bits per heavy atom. The zero-order valence-electron chi connectivity index (χ0n) is 12.5. The van der Waals surface area contributed by atoms with Crippen LogP contribution in [0.2, 0.25) is 0 Å². The molecule has 5 N–H and O–H groups in total. The van der Waals surface area contributed by atoms with Gasteiger partial charge < -0.3 is 10.1 Å². The number of hydrazine groups is 1. The number of rotatable bonds is 7. The zero-order valence-corrected chi connectivity index (χ0v) is 12.5. The van der Waals surface area contributed by atoms with Crippen molar-refractivity contribution in [2.75, 3.05) is 11.9 Å². The Balaban J connectivity index is 2.79. The quantitative estimate of drug-likeness (QED) is 0.340. The van der Waals surface area contributed by atoms with Gasteiger partial charge in [0.1, 0.15) is 11.8 Å². The van der Waals surface area contributed by atoms with Gasteiger partial charge in [0.2, 0.25) is 0 Å². The SMILES string of the molecule is CC(C)[C@@H](NN)OC[C@H](C)Nc1cn[nH]c(=O)c1C(F)(F)F. The fourth-order valence-electron chi connectivity index (χ4n) is 1.78. The lowest BCUT2D eigenvalue weighted by Gasteiger charge is -2.24. The minimum atomic E-state index is -4.78. The molecule has 2 atom stereocenters. The van der Waals surface area contributed by atoms with Gasteiger partial charge in [0.15, 0.2) is 0 Å². The highest BCUT2D eigenvalue weighted by Gasteiger charge is 2.37. The maximum absolute atomic E-state index is 12.9. The molecule has 0 spiro atoms. The Morgan fingerprint density at radius 2 is 2.05 bits per heavy atom. The molecule has 7 nitrogen and oxygen atoms in total. The number of nitrogens with two attached hydrogens (primary N) is 1. The van der Waals surface area contributed by atoms with Gasteiger partial charge in [-0.05, 0) is 12.8 Å². The van der Waals surface area contributed by atoms with Crippen LogP contribution in [-0.4, -0.2) is 29.1 Å². The minimum Gasteiger partial charge on any atom is -0.378 e. The van der Waals surface area contributed by atoms with Gasteiger partial charge in [0.25, 0.3) is 5.56 Å². The third-order valence-corrected chi connectivity index (χ3v) is 2.84. The number of aromatic amines is 1. The van der Waals surface area contributed by atoms with Gasteiger partial charge in [-0.25, -0.2) is 10.5 Å². The number of alkyl halides is 3. The van der Waals surface area contributed by atoms with Crippen LogP contribution in [0.3, 0.4) is 0 Å². The first kappa shape index (κ1) is 18.4. The number of nitrogens with zero attached hydrogens (tertiary/aromatic N) is 1. The van der Waals surface area contributed by atoms with E-state index in [0.717, 1.165) is 6.20 Å². The third-order valence-electron chi connectivity index (χ3n) is 2.84. The normalized spacial score (nSPS) is 14.9. The molecule has 0 bridgehead atoms. The molecule has 0 aromatic carbocycles. The van der Waals surface area contributed by atoms with Crippen molar-refractivity contribution in [3.05, 3.63) is 22.1 Å². The van der Waals surface area contributed by atoms with E-state index in [-0.39, 0.29) is 12.5 Å². The van der Waals surface area contributed by atoms with E-state index in [1.165, 1.54) is 0 Å². The van der Waals surface area contributed by atoms with Crippen LogP contribution in [-0.2, 0) is 10.9 Å². The summed E-state index contributed by atoms with van der Waals surface area (Å²) in [4.78, 5) is 11.3. The molecule has 1 heterocycles. The van der Waals surface area contributed by atoms with Crippen molar-refractivity contribution in [1.82, 2.24) is 15.6 Å². The van der Waals surface area contributed by atoms with Crippen molar-refractivity contribution < 1.29 is 17.9 Å². The summed E-state index contributed by atoms with van der Waals surface area (Å²) >= 11 is 0. The lowest BCUT2D eigenvalue weighted by molar-refractivity contribution is -0.138. The second-order valence-corrected chi connectivity index (χ2v) is 5.20. The fourth-order valence-corrected chi connectivity index (χ4v) is 1.78. The first-order valence-electron chi connectivity index (χ1n) is 6.66.